The number of nitrogens with zero attached hydrogens (tertiary/aromatic N) is 1. The van der Waals surface area contributed by atoms with E-state index in [1.54, 1.807) is 31.2 Å². The largest absolute Gasteiger partial charge is 0.493 e. The Bertz CT molecular complexity index is 954. The molecule has 0 spiro atoms. The molecule has 0 fully saturated rings. The maximum atomic E-state index is 12.0. The van der Waals surface area contributed by atoms with E-state index in [-0.39, 0.29) is 11.4 Å². The number of esters is 1. The number of nitro benzene ring substituents is 1. The number of nitro groups is 1. The monoisotopic (exact) mass is 400 g/mol. The fourth-order valence-electron chi connectivity index (χ4n) is 2.47. The third-order valence-electron chi connectivity index (χ3n) is 3.80. The molecule has 0 aliphatic heterocycles. The average Bonchev–Trinajstić information content (AvgIpc) is 2.71. The van der Waals surface area contributed by atoms with Crippen molar-refractivity contribution in [1.82, 2.24) is 0 Å². The standard InChI is InChI=1S/C20H20N2O7/c1-13-7-9-15(16(11-13)22(25)26)21-18(23)12-29-19(24)10-8-14-5-4-6-17(27-2)20(14)28-3/h4-11H,12H2,1-3H3,(H,21,23)/b10-8+. The van der Waals surface area contributed by atoms with Gasteiger partial charge in [-0.15, -0.1) is 0 Å². The molecule has 1 amide bonds. The third-order valence-corrected chi connectivity index (χ3v) is 3.80. The molecule has 0 aliphatic rings. The summed E-state index contributed by atoms with van der Waals surface area (Å²) in [7, 11) is 2.97. The zero-order chi connectivity index (χ0) is 21.4. The Morgan fingerprint density at radius 2 is 1.93 bits per heavy atom. The number of rotatable bonds is 8. The van der Waals surface area contributed by atoms with Crippen molar-refractivity contribution in [2.24, 2.45) is 0 Å². The number of para-hydroxylation sites is 1. The molecule has 0 radical (unpaired) electrons. The highest BCUT2D eigenvalue weighted by atomic mass is 16.6. The Kier molecular flexibility index (Phi) is 7.30. The molecule has 0 unspecified atom stereocenters. The number of benzene rings is 2. The molecule has 0 heterocycles. The summed E-state index contributed by atoms with van der Waals surface area (Å²) in [6.45, 7) is 1.10. The Balaban J connectivity index is 1.97. The second kappa shape index (κ2) is 9.88. The number of aryl methyl sites for hydroxylation is 1. The third kappa shape index (κ3) is 5.80. The highest BCUT2D eigenvalue weighted by Crippen LogP contribution is 2.31. The summed E-state index contributed by atoms with van der Waals surface area (Å²) in [4.78, 5) is 34.3. The van der Waals surface area contributed by atoms with Gasteiger partial charge in [-0.05, 0) is 30.7 Å². The van der Waals surface area contributed by atoms with Crippen LogP contribution in [0.2, 0.25) is 0 Å². The first-order valence-electron chi connectivity index (χ1n) is 8.46. The lowest BCUT2D eigenvalue weighted by Gasteiger charge is -2.09. The van der Waals surface area contributed by atoms with Gasteiger partial charge in [-0.2, -0.15) is 0 Å². The van der Waals surface area contributed by atoms with Crippen molar-refractivity contribution in [3.05, 3.63) is 63.7 Å². The highest BCUT2D eigenvalue weighted by molar-refractivity contribution is 5.96. The summed E-state index contributed by atoms with van der Waals surface area (Å²) < 4.78 is 15.3. The molecule has 9 nitrogen and oxygen atoms in total. The van der Waals surface area contributed by atoms with E-state index in [0.29, 0.717) is 22.6 Å². The summed E-state index contributed by atoms with van der Waals surface area (Å²) in [5, 5.41) is 13.4. The molecule has 0 aliphatic carbocycles. The smallest absolute Gasteiger partial charge is 0.331 e. The molecule has 29 heavy (non-hydrogen) atoms. The number of nitrogens with one attached hydrogen (secondary N) is 1. The van der Waals surface area contributed by atoms with Crippen LogP contribution in [0.5, 0.6) is 11.5 Å². The first kappa shape index (κ1) is 21.4. The molecule has 9 heteroatoms. The van der Waals surface area contributed by atoms with Gasteiger partial charge in [0, 0.05) is 17.7 Å². The van der Waals surface area contributed by atoms with Gasteiger partial charge in [0.05, 0.1) is 19.1 Å². The Morgan fingerprint density at radius 1 is 1.17 bits per heavy atom. The minimum Gasteiger partial charge on any atom is -0.493 e. The van der Waals surface area contributed by atoms with Crippen LogP contribution in [0.3, 0.4) is 0 Å². The van der Waals surface area contributed by atoms with Gasteiger partial charge in [0.2, 0.25) is 0 Å². The van der Waals surface area contributed by atoms with Gasteiger partial charge < -0.3 is 19.5 Å². The molecule has 0 bridgehead atoms. The number of carbonyl (C=O) groups is 2. The summed E-state index contributed by atoms with van der Waals surface area (Å²) in [5.41, 5.74) is 1.05. The van der Waals surface area contributed by atoms with Crippen LogP contribution in [0.15, 0.2) is 42.5 Å². The lowest BCUT2D eigenvalue weighted by atomic mass is 10.1. The molecule has 2 aromatic carbocycles. The van der Waals surface area contributed by atoms with Crippen LogP contribution in [0.1, 0.15) is 11.1 Å². The topological polar surface area (TPSA) is 117 Å². The Morgan fingerprint density at radius 3 is 2.59 bits per heavy atom. The van der Waals surface area contributed by atoms with E-state index in [4.69, 9.17) is 14.2 Å². The number of anilines is 1. The number of hydrogen-bond acceptors (Lipinski definition) is 7. The normalized spacial score (nSPS) is 10.4. The van der Waals surface area contributed by atoms with Crippen molar-refractivity contribution in [3.63, 3.8) is 0 Å². The van der Waals surface area contributed by atoms with Gasteiger partial charge in [0.15, 0.2) is 18.1 Å². The molecule has 0 saturated heterocycles. The van der Waals surface area contributed by atoms with Crippen molar-refractivity contribution in [1.29, 1.82) is 0 Å². The fourth-order valence-corrected chi connectivity index (χ4v) is 2.47. The summed E-state index contributed by atoms with van der Waals surface area (Å²) in [6, 6.07) is 9.54. The Hall–Kier alpha value is -3.88. The van der Waals surface area contributed by atoms with Gasteiger partial charge in [0.25, 0.3) is 11.6 Å². The number of amides is 1. The fraction of sp³-hybridized carbons (Fsp3) is 0.200. The first-order valence-corrected chi connectivity index (χ1v) is 8.46. The lowest BCUT2D eigenvalue weighted by molar-refractivity contribution is -0.384. The molecule has 1 N–H and O–H groups in total. The average molecular weight is 400 g/mol. The highest BCUT2D eigenvalue weighted by Gasteiger charge is 2.16. The second-order valence-electron chi connectivity index (χ2n) is 5.85. The number of carbonyl (C=O) groups excluding carboxylic acids is 2. The van der Waals surface area contributed by atoms with E-state index in [1.807, 2.05) is 0 Å². The predicted molar refractivity (Wildman–Crippen MR) is 106 cm³/mol. The molecule has 2 rings (SSSR count). The second-order valence-corrected chi connectivity index (χ2v) is 5.85. The van der Waals surface area contributed by atoms with E-state index < -0.39 is 23.4 Å². The molecular formula is C20H20N2O7. The maximum Gasteiger partial charge on any atom is 0.331 e. The van der Waals surface area contributed by atoms with Crippen LogP contribution >= 0.6 is 0 Å². The van der Waals surface area contributed by atoms with Crippen molar-refractivity contribution in [3.8, 4) is 11.5 Å². The van der Waals surface area contributed by atoms with Crippen LogP contribution in [-0.2, 0) is 14.3 Å². The number of methoxy groups -OCH3 is 2. The minimum atomic E-state index is -0.761. The van der Waals surface area contributed by atoms with Crippen molar-refractivity contribution >= 4 is 29.3 Å². The van der Waals surface area contributed by atoms with E-state index in [9.17, 15) is 19.7 Å². The van der Waals surface area contributed by atoms with Gasteiger partial charge >= 0.3 is 5.97 Å². The summed E-state index contributed by atoms with van der Waals surface area (Å²) >= 11 is 0. The lowest BCUT2D eigenvalue weighted by Crippen LogP contribution is -2.20. The molecule has 2 aromatic rings. The van der Waals surface area contributed by atoms with E-state index in [2.05, 4.69) is 5.32 Å². The van der Waals surface area contributed by atoms with Crippen LogP contribution in [0.4, 0.5) is 11.4 Å². The van der Waals surface area contributed by atoms with Crippen LogP contribution in [-0.4, -0.2) is 37.6 Å². The van der Waals surface area contributed by atoms with Crippen LogP contribution in [0, 0.1) is 17.0 Å². The van der Waals surface area contributed by atoms with E-state index >= 15 is 0 Å². The number of ether oxygens (including phenoxy) is 3. The summed E-state index contributed by atoms with van der Waals surface area (Å²) in [5.74, 6) is -0.508. The van der Waals surface area contributed by atoms with Gasteiger partial charge in [-0.3, -0.25) is 14.9 Å². The molecular weight excluding hydrogens is 380 g/mol. The first-order chi connectivity index (χ1) is 13.8. The van der Waals surface area contributed by atoms with E-state index in [0.717, 1.165) is 6.08 Å². The van der Waals surface area contributed by atoms with Gasteiger partial charge in [-0.1, -0.05) is 18.2 Å². The predicted octanol–water partition coefficient (Wildman–Crippen LogP) is 3.12. The van der Waals surface area contributed by atoms with Crippen LogP contribution < -0.4 is 14.8 Å². The molecule has 152 valence electrons. The SMILES string of the molecule is COc1cccc(/C=C/C(=O)OCC(=O)Nc2ccc(C)cc2[N+](=O)[O-])c1OC. The minimum absolute atomic E-state index is 0.0262. The zero-order valence-electron chi connectivity index (χ0n) is 16.1. The van der Waals surface area contributed by atoms with Crippen LogP contribution in [0.25, 0.3) is 6.08 Å². The van der Waals surface area contributed by atoms with Gasteiger partial charge in [-0.25, -0.2) is 4.79 Å². The van der Waals surface area contributed by atoms with Gasteiger partial charge in [0.1, 0.15) is 5.69 Å². The van der Waals surface area contributed by atoms with Crippen molar-refractivity contribution in [2.75, 3.05) is 26.1 Å². The Labute approximate surface area is 167 Å². The zero-order valence-corrected chi connectivity index (χ0v) is 16.1. The van der Waals surface area contributed by atoms with E-state index in [1.165, 1.54) is 32.4 Å². The molecule has 0 saturated carbocycles. The number of hydrogen-bond donors (Lipinski definition) is 1. The molecule has 0 aromatic heterocycles. The van der Waals surface area contributed by atoms with Crippen molar-refractivity contribution in [2.45, 2.75) is 6.92 Å². The quantitative estimate of drug-likeness (QED) is 0.313. The summed E-state index contributed by atoms with van der Waals surface area (Å²) in [6.07, 6.45) is 2.60. The molecule has 0 atom stereocenters. The maximum absolute atomic E-state index is 12.0. The van der Waals surface area contributed by atoms with Crippen molar-refractivity contribution < 1.29 is 28.7 Å².